The topological polar surface area (TPSA) is 52.3 Å². The largest absolute Gasteiger partial charge is 0.465 e. The van der Waals surface area contributed by atoms with Crippen LogP contribution >= 0.6 is 23.2 Å². The number of carbonyl (C=O) groups is 1. The number of anilines is 1. The van der Waals surface area contributed by atoms with Crippen molar-refractivity contribution in [2.75, 3.05) is 12.8 Å². The molecule has 0 atom stereocenters. The fraction of sp³-hybridized carbons (Fsp3) is 0.0714. The van der Waals surface area contributed by atoms with Crippen molar-refractivity contribution in [2.45, 2.75) is 0 Å². The van der Waals surface area contributed by atoms with Gasteiger partial charge in [0, 0.05) is 11.3 Å². The van der Waals surface area contributed by atoms with Gasteiger partial charge in [0.1, 0.15) is 0 Å². The number of nitrogen functional groups attached to an aromatic ring is 1. The van der Waals surface area contributed by atoms with Crippen molar-refractivity contribution in [1.29, 1.82) is 0 Å². The summed E-state index contributed by atoms with van der Waals surface area (Å²) in [5.74, 6) is -0.488. The van der Waals surface area contributed by atoms with Crippen molar-refractivity contribution in [3.8, 4) is 11.1 Å². The highest BCUT2D eigenvalue weighted by Crippen LogP contribution is 2.34. The molecule has 0 heterocycles. The smallest absolute Gasteiger partial charge is 0.339 e. The van der Waals surface area contributed by atoms with E-state index < -0.39 is 5.97 Å². The summed E-state index contributed by atoms with van der Waals surface area (Å²) < 4.78 is 4.68. The molecule has 5 heteroatoms. The van der Waals surface area contributed by atoms with Gasteiger partial charge in [-0.1, -0.05) is 41.4 Å². The zero-order valence-corrected chi connectivity index (χ0v) is 11.6. The Kier molecular flexibility index (Phi) is 3.98. The molecular weight excluding hydrogens is 285 g/mol. The van der Waals surface area contributed by atoms with Gasteiger partial charge in [-0.25, -0.2) is 4.79 Å². The second kappa shape index (κ2) is 5.51. The highest BCUT2D eigenvalue weighted by Gasteiger charge is 2.13. The molecule has 0 unspecified atom stereocenters. The molecule has 0 saturated carbocycles. The standard InChI is InChI=1S/C14H11Cl2NO2/c1-19-14(18)10-7-8(5-6-12(10)17)9-3-2-4-11(15)13(9)16/h2-7H,17H2,1H3. The molecule has 3 nitrogen and oxygen atoms in total. The van der Waals surface area contributed by atoms with Gasteiger partial charge in [-0.05, 0) is 23.8 Å². The first-order valence-corrected chi connectivity index (χ1v) is 6.22. The van der Waals surface area contributed by atoms with E-state index >= 15 is 0 Å². The predicted molar refractivity (Wildman–Crippen MR) is 77.6 cm³/mol. The second-order valence-corrected chi connectivity index (χ2v) is 4.68. The Morgan fingerprint density at radius 2 is 1.95 bits per heavy atom. The summed E-state index contributed by atoms with van der Waals surface area (Å²) in [5.41, 5.74) is 7.90. The maximum absolute atomic E-state index is 11.6. The Morgan fingerprint density at radius 3 is 2.63 bits per heavy atom. The number of rotatable bonds is 2. The monoisotopic (exact) mass is 295 g/mol. The van der Waals surface area contributed by atoms with Gasteiger partial charge < -0.3 is 10.5 Å². The van der Waals surface area contributed by atoms with Gasteiger partial charge in [0.25, 0.3) is 0 Å². The van der Waals surface area contributed by atoms with Gasteiger partial charge in [0.15, 0.2) is 0 Å². The predicted octanol–water partition coefficient (Wildman–Crippen LogP) is 4.03. The van der Waals surface area contributed by atoms with Crippen molar-refractivity contribution in [2.24, 2.45) is 0 Å². The first kappa shape index (κ1) is 13.7. The molecule has 2 rings (SSSR count). The number of hydrogen-bond donors (Lipinski definition) is 1. The lowest BCUT2D eigenvalue weighted by Crippen LogP contribution is -2.05. The molecular formula is C14H11Cl2NO2. The third-order valence-corrected chi connectivity index (χ3v) is 3.54. The van der Waals surface area contributed by atoms with Gasteiger partial charge in [-0.3, -0.25) is 0 Å². The van der Waals surface area contributed by atoms with E-state index in [1.54, 1.807) is 30.3 Å². The number of carbonyl (C=O) groups excluding carboxylic acids is 1. The van der Waals surface area contributed by atoms with E-state index in [0.717, 1.165) is 11.1 Å². The quantitative estimate of drug-likeness (QED) is 0.672. The molecule has 19 heavy (non-hydrogen) atoms. The van der Waals surface area contributed by atoms with E-state index in [9.17, 15) is 4.79 Å². The van der Waals surface area contributed by atoms with Gasteiger partial charge in [-0.15, -0.1) is 0 Å². The molecule has 0 bridgehead atoms. The Morgan fingerprint density at radius 1 is 1.21 bits per heavy atom. The third-order valence-electron chi connectivity index (χ3n) is 2.72. The van der Waals surface area contributed by atoms with Gasteiger partial charge in [-0.2, -0.15) is 0 Å². The highest BCUT2D eigenvalue weighted by molar-refractivity contribution is 6.43. The number of halogens is 2. The van der Waals surface area contributed by atoms with Crippen molar-refractivity contribution in [1.82, 2.24) is 0 Å². The molecule has 0 aliphatic rings. The van der Waals surface area contributed by atoms with E-state index in [1.807, 2.05) is 6.07 Å². The number of benzene rings is 2. The Hall–Kier alpha value is -1.71. The molecule has 2 N–H and O–H groups in total. The number of methoxy groups -OCH3 is 1. The van der Waals surface area contributed by atoms with Crippen molar-refractivity contribution in [3.05, 3.63) is 52.0 Å². The minimum absolute atomic E-state index is 0.302. The van der Waals surface area contributed by atoms with E-state index in [2.05, 4.69) is 4.74 Å². The number of ether oxygens (including phenoxy) is 1. The fourth-order valence-corrected chi connectivity index (χ4v) is 2.15. The van der Waals surface area contributed by atoms with Crippen LogP contribution in [0, 0.1) is 0 Å². The van der Waals surface area contributed by atoms with Crippen LogP contribution in [-0.4, -0.2) is 13.1 Å². The SMILES string of the molecule is COC(=O)c1cc(-c2cccc(Cl)c2Cl)ccc1N. The van der Waals surface area contributed by atoms with Crippen LogP contribution in [0.25, 0.3) is 11.1 Å². The Balaban J connectivity index is 2.58. The molecule has 0 radical (unpaired) electrons. The van der Waals surface area contributed by atoms with Crippen LogP contribution < -0.4 is 5.73 Å². The average molecular weight is 296 g/mol. The van der Waals surface area contributed by atoms with Crippen LogP contribution in [0.2, 0.25) is 10.0 Å². The molecule has 0 aliphatic heterocycles. The fourth-order valence-electron chi connectivity index (χ4n) is 1.74. The normalized spacial score (nSPS) is 10.3. The molecule has 0 saturated heterocycles. The van der Waals surface area contributed by atoms with Crippen LogP contribution in [0.1, 0.15) is 10.4 Å². The van der Waals surface area contributed by atoms with Crippen LogP contribution in [0.3, 0.4) is 0 Å². The molecule has 2 aromatic carbocycles. The maximum atomic E-state index is 11.6. The first-order chi connectivity index (χ1) is 9.04. The van der Waals surface area contributed by atoms with Gasteiger partial charge >= 0.3 is 5.97 Å². The molecule has 98 valence electrons. The zero-order chi connectivity index (χ0) is 14.0. The molecule has 0 amide bonds. The lowest BCUT2D eigenvalue weighted by molar-refractivity contribution is 0.0602. The number of nitrogens with two attached hydrogens (primary N) is 1. The molecule has 0 fully saturated rings. The highest BCUT2D eigenvalue weighted by atomic mass is 35.5. The third kappa shape index (κ3) is 2.67. The van der Waals surface area contributed by atoms with Crippen LogP contribution in [0.15, 0.2) is 36.4 Å². The number of hydrogen-bond acceptors (Lipinski definition) is 3. The second-order valence-electron chi connectivity index (χ2n) is 3.89. The van der Waals surface area contributed by atoms with Crippen molar-refractivity contribution < 1.29 is 9.53 Å². The lowest BCUT2D eigenvalue weighted by atomic mass is 10.0. The Bertz CT molecular complexity index is 641. The van der Waals surface area contributed by atoms with E-state index in [1.165, 1.54) is 7.11 Å². The summed E-state index contributed by atoms with van der Waals surface area (Å²) in [6, 6.07) is 10.4. The van der Waals surface area contributed by atoms with Gasteiger partial charge in [0.2, 0.25) is 0 Å². The van der Waals surface area contributed by atoms with Crippen LogP contribution in [-0.2, 0) is 4.74 Å². The summed E-state index contributed by atoms with van der Waals surface area (Å²) in [7, 11) is 1.31. The summed E-state index contributed by atoms with van der Waals surface area (Å²) >= 11 is 12.1. The van der Waals surface area contributed by atoms with E-state index in [4.69, 9.17) is 28.9 Å². The van der Waals surface area contributed by atoms with E-state index in [-0.39, 0.29) is 0 Å². The minimum Gasteiger partial charge on any atom is -0.465 e. The van der Waals surface area contributed by atoms with E-state index in [0.29, 0.717) is 21.3 Å². The average Bonchev–Trinajstić information content (AvgIpc) is 2.42. The minimum atomic E-state index is -0.488. The first-order valence-electron chi connectivity index (χ1n) is 5.47. The summed E-state index contributed by atoms with van der Waals surface area (Å²) in [5, 5.41) is 0.889. The van der Waals surface area contributed by atoms with Gasteiger partial charge in [0.05, 0.1) is 22.7 Å². The van der Waals surface area contributed by atoms with Crippen molar-refractivity contribution >= 4 is 34.9 Å². The zero-order valence-electron chi connectivity index (χ0n) is 10.1. The lowest BCUT2D eigenvalue weighted by Gasteiger charge is -2.09. The summed E-state index contributed by atoms with van der Waals surface area (Å²) in [6.45, 7) is 0. The van der Waals surface area contributed by atoms with Crippen LogP contribution in [0.4, 0.5) is 5.69 Å². The summed E-state index contributed by atoms with van der Waals surface area (Å²) in [6.07, 6.45) is 0. The molecule has 0 spiro atoms. The Labute approximate surface area is 120 Å². The molecule has 0 aromatic heterocycles. The van der Waals surface area contributed by atoms with Crippen LogP contribution in [0.5, 0.6) is 0 Å². The molecule has 0 aliphatic carbocycles. The van der Waals surface area contributed by atoms with Crippen molar-refractivity contribution in [3.63, 3.8) is 0 Å². The number of esters is 1. The maximum Gasteiger partial charge on any atom is 0.339 e. The summed E-state index contributed by atoms with van der Waals surface area (Å²) in [4.78, 5) is 11.6. The molecule has 2 aromatic rings.